The highest BCUT2D eigenvalue weighted by atomic mass is 35.5. The first-order chi connectivity index (χ1) is 17.9. The van der Waals surface area contributed by atoms with Gasteiger partial charge >= 0.3 is 0 Å². The first-order valence-corrected chi connectivity index (χ1v) is 13.1. The largest absolute Gasteiger partial charge is 0.353 e. The highest BCUT2D eigenvalue weighted by molar-refractivity contribution is 6.30. The molecule has 1 amide bonds. The quantitative estimate of drug-likeness (QED) is 0.317. The van der Waals surface area contributed by atoms with E-state index >= 15 is 0 Å². The third-order valence-electron chi connectivity index (χ3n) is 7.03. The molecule has 0 radical (unpaired) electrons. The van der Waals surface area contributed by atoms with Gasteiger partial charge in [0, 0.05) is 60.0 Å². The number of halogens is 1. The number of amides is 1. The molecule has 0 spiro atoms. The summed E-state index contributed by atoms with van der Waals surface area (Å²) in [6.45, 7) is 9.02. The Morgan fingerprint density at radius 2 is 1.62 bits per heavy atom. The predicted octanol–water partition coefficient (Wildman–Crippen LogP) is 6.28. The Morgan fingerprint density at radius 1 is 0.865 bits per heavy atom. The number of nitrogens with zero attached hydrogens (tertiary/aromatic N) is 4. The molecule has 1 aliphatic rings. The Balaban J connectivity index is 1.46. The van der Waals surface area contributed by atoms with Crippen LogP contribution >= 0.6 is 11.6 Å². The summed E-state index contributed by atoms with van der Waals surface area (Å²) in [6, 6.07) is 23.9. The van der Waals surface area contributed by atoms with Crippen LogP contribution in [-0.4, -0.2) is 47.0 Å². The fourth-order valence-electron chi connectivity index (χ4n) is 4.87. The first kappa shape index (κ1) is 25.0. The van der Waals surface area contributed by atoms with Crippen LogP contribution in [0.25, 0.3) is 11.4 Å². The molecule has 0 saturated carbocycles. The summed E-state index contributed by atoms with van der Waals surface area (Å²) < 4.78 is 0. The molecule has 3 aromatic carbocycles. The van der Waals surface area contributed by atoms with Crippen LogP contribution in [-0.2, 0) is 6.42 Å². The van der Waals surface area contributed by atoms with Gasteiger partial charge in [-0.15, -0.1) is 0 Å². The van der Waals surface area contributed by atoms with E-state index < -0.39 is 0 Å². The van der Waals surface area contributed by atoms with Gasteiger partial charge in [0.2, 0.25) is 0 Å². The second kappa shape index (κ2) is 10.7. The number of carbonyl (C=O) groups is 1. The molecule has 0 unspecified atom stereocenters. The summed E-state index contributed by atoms with van der Waals surface area (Å²) in [4.78, 5) is 27.3. The molecule has 188 valence electrons. The minimum atomic E-state index is 0.0154. The van der Waals surface area contributed by atoms with Crippen LogP contribution < -0.4 is 4.90 Å². The number of rotatable bonds is 5. The SMILES string of the molecule is Cc1ccc(C)c(Cc2c(C)nc(-c3ccccc3)nc2N2CCN(C(=O)c3cccc(Cl)c3)CC2)c1. The van der Waals surface area contributed by atoms with Crippen LogP contribution in [0.15, 0.2) is 72.8 Å². The van der Waals surface area contributed by atoms with Gasteiger partial charge in [0.1, 0.15) is 5.82 Å². The van der Waals surface area contributed by atoms with Crippen molar-refractivity contribution >= 4 is 23.3 Å². The summed E-state index contributed by atoms with van der Waals surface area (Å²) in [7, 11) is 0. The van der Waals surface area contributed by atoms with Gasteiger partial charge in [0.25, 0.3) is 5.91 Å². The van der Waals surface area contributed by atoms with Crippen LogP contribution in [0.4, 0.5) is 5.82 Å². The number of carbonyl (C=O) groups excluding carboxylic acids is 1. The average molecular weight is 511 g/mol. The van der Waals surface area contributed by atoms with Crippen molar-refractivity contribution in [3.8, 4) is 11.4 Å². The van der Waals surface area contributed by atoms with Gasteiger partial charge in [-0.3, -0.25) is 4.79 Å². The third kappa shape index (κ3) is 5.52. The fraction of sp³-hybridized carbons (Fsp3) is 0.258. The topological polar surface area (TPSA) is 49.3 Å². The van der Waals surface area contributed by atoms with Crippen molar-refractivity contribution in [3.05, 3.63) is 111 Å². The van der Waals surface area contributed by atoms with Crippen LogP contribution in [0.2, 0.25) is 5.02 Å². The maximum absolute atomic E-state index is 13.1. The number of benzene rings is 3. The van der Waals surface area contributed by atoms with E-state index in [-0.39, 0.29) is 5.91 Å². The second-order valence-corrected chi connectivity index (χ2v) is 10.1. The van der Waals surface area contributed by atoms with Gasteiger partial charge in [0.15, 0.2) is 5.82 Å². The Labute approximate surface area is 223 Å². The number of hydrogen-bond donors (Lipinski definition) is 0. The van der Waals surface area contributed by atoms with Crippen LogP contribution in [0.3, 0.4) is 0 Å². The molecule has 37 heavy (non-hydrogen) atoms. The van der Waals surface area contributed by atoms with E-state index in [1.165, 1.54) is 16.7 Å². The van der Waals surface area contributed by atoms with E-state index in [9.17, 15) is 4.79 Å². The summed E-state index contributed by atoms with van der Waals surface area (Å²) in [5.41, 5.74) is 7.55. The molecule has 1 saturated heterocycles. The molecule has 5 nitrogen and oxygen atoms in total. The van der Waals surface area contributed by atoms with Crippen LogP contribution in [0, 0.1) is 20.8 Å². The van der Waals surface area contributed by atoms with Gasteiger partial charge in [-0.05, 0) is 50.1 Å². The van der Waals surface area contributed by atoms with E-state index in [1.54, 1.807) is 12.1 Å². The predicted molar refractivity (Wildman–Crippen MR) is 150 cm³/mol. The van der Waals surface area contributed by atoms with Gasteiger partial charge < -0.3 is 9.80 Å². The molecule has 1 aromatic heterocycles. The third-order valence-corrected chi connectivity index (χ3v) is 7.27. The lowest BCUT2D eigenvalue weighted by atomic mass is 9.97. The number of aromatic nitrogens is 2. The van der Waals surface area contributed by atoms with Gasteiger partial charge in [0.05, 0.1) is 0 Å². The number of piperazine rings is 1. The fourth-order valence-corrected chi connectivity index (χ4v) is 5.06. The van der Waals surface area contributed by atoms with Gasteiger partial charge in [-0.1, -0.05) is 71.8 Å². The molecular weight excluding hydrogens is 480 g/mol. The van der Waals surface area contributed by atoms with Crippen molar-refractivity contribution in [1.82, 2.24) is 14.9 Å². The maximum atomic E-state index is 13.1. The lowest BCUT2D eigenvalue weighted by molar-refractivity contribution is 0.0746. The maximum Gasteiger partial charge on any atom is 0.254 e. The zero-order chi connectivity index (χ0) is 25.9. The molecule has 5 rings (SSSR count). The lowest BCUT2D eigenvalue weighted by Gasteiger charge is -2.36. The molecule has 0 aliphatic carbocycles. The van der Waals surface area contributed by atoms with Gasteiger partial charge in [-0.2, -0.15) is 0 Å². The number of hydrogen-bond acceptors (Lipinski definition) is 4. The normalized spacial score (nSPS) is 13.6. The minimum Gasteiger partial charge on any atom is -0.353 e. The molecule has 4 aromatic rings. The summed E-state index contributed by atoms with van der Waals surface area (Å²) in [5, 5.41) is 0.575. The van der Waals surface area contributed by atoms with E-state index in [2.05, 4.69) is 43.9 Å². The van der Waals surface area contributed by atoms with Crippen molar-refractivity contribution in [2.75, 3.05) is 31.1 Å². The van der Waals surface area contributed by atoms with E-state index in [4.69, 9.17) is 21.6 Å². The van der Waals surface area contributed by atoms with Crippen molar-refractivity contribution in [2.45, 2.75) is 27.2 Å². The molecule has 1 aliphatic heterocycles. The molecular formula is C31H31ClN4O. The summed E-state index contributed by atoms with van der Waals surface area (Å²) >= 11 is 6.12. The van der Waals surface area contributed by atoms with Crippen molar-refractivity contribution in [1.29, 1.82) is 0 Å². The van der Waals surface area contributed by atoms with Gasteiger partial charge in [-0.25, -0.2) is 9.97 Å². The molecule has 0 N–H and O–H groups in total. The lowest BCUT2D eigenvalue weighted by Crippen LogP contribution is -2.49. The molecule has 0 bridgehead atoms. The summed E-state index contributed by atoms with van der Waals surface area (Å²) in [6.07, 6.45) is 0.769. The second-order valence-electron chi connectivity index (χ2n) is 9.70. The number of aryl methyl sites for hydroxylation is 3. The molecule has 1 fully saturated rings. The molecule has 6 heteroatoms. The zero-order valence-corrected chi connectivity index (χ0v) is 22.3. The monoisotopic (exact) mass is 510 g/mol. The van der Waals surface area contributed by atoms with E-state index in [0.717, 1.165) is 34.9 Å². The van der Waals surface area contributed by atoms with Crippen LogP contribution in [0.5, 0.6) is 0 Å². The van der Waals surface area contributed by atoms with E-state index in [0.29, 0.717) is 36.8 Å². The highest BCUT2D eigenvalue weighted by Gasteiger charge is 2.26. The Hall–Kier alpha value is -3.70. The molecule has 0 atom stereocenters. The summed E-state index contributed by atoms with van der Waals surface area (Å²) in [5.74, 6) is 1.71. The highest BCUT2D eigenvalue weighted by Crippen LogP contribution is 2.29. The average Bonchev–Trinajstić information content (AvgIpc) is 2.92. The van der Waals surface area contributed by atoms with Crippen molar-refractivity contribution < 1.29 is 4.79 Å². The minimum absolute atomic E-state index is 0.0154. The van der Waals surface area contributed by atoms with Crippen molar-refractivity contribution in [2.24, 2.45) is 0 Å². The smallest absolute Gasteiger partial charge is 0.254 e. The Kier molecular flexibility index (Phi) is 7.24. The number of anilines is 1. The first-order valence-electron chi connectivity index (χ1n) is 12.7. The molecule has 2 heterocycles. The van der Waals surface area contributed by atoms with Crippen molar-refractivity contribution in [3.63, 3.8) is 0 Å². The Bertz CT molecular complexity index is 1430. The Morgan fingerprint density at radius 3 is 2.35 bits per heavy atom. The van der Waals surface area contributed by atoms with Crippen LogP contribution in [0.1, 0.15) is 38.3 Å². The zero-order valence-electron chi connectivity index (χ0n) is 21.5. The van der Waals surface area contributed by atoms with E-state index in [1.807, 2.05) is 47.4 Å². The standard InChI is InChI=1S/C31H31ClN4O/c1-21-12-13-22(2)26(18-21)20-28-23(3)33-29(24-8-5-4-6-9-24)34-30(28)35-14-16-36(17-15-35)31(37)25-10-7-11-27(32)19-25/h4-13,18-19H,14-17,20H2,1-3H3.